The van der Waals surface area contributed by atoms with E-state index < -0.39 is 5.97 Å². The van der Waals surface area contributed by atoms with Gasteiger partial charge in [-0.05, 0) is 13.8 Å². The van der Waals surface area contributed by atoms with Gasteiger partial charge in [0.15, 0.2) is 10.8 Å². The van der Waals surface area contributed by atoms with Gasteiger partial charge in [-0.2, -0.15) is 0 Å². The van der Waals surface area contributed by atoms with Crippen molar-refractivity contribution in [2.45, 2.75) is 13.8 Å². The number of hydrogen-bond donors (Lipinski definition) is 0. The molecule has 0 aromatic carbocycles. The van der Waals surface area contributed by atoms with Crippen LogP contribution in [0.25, 0.3) is 0 Å². The molecule has 0 bridgehead atoms. The fourth-order valence-electron chi connectivity index (χ4n) is 0.854. The van der Waals surface area contributed by atoms with Crippen LogP contribution in [0.4, 0.5) is 0 Å². The topological polar surface area (TPSA) is 55.7 Å². The van der Waals surface area contributed by atoms with E-state index in [2.05, 4.69) is 4.99 Å². The second-order valence-electron chi connectivity index (χ2n) is 2.65. The van der Waals surface area contributed by atoms with E-state index in [-0.39, 0.29) is 5.78 Å². The van der Waals surface area contributed by atoms with Crippen molar-refractivity contribution < 1.29 is 14.3 Å². The summed E-state index contributed by atoms with van der Waals surface area (Å²) < 4.78 is 4.77. The molecule has 1 heterocycles. The van der Waals surface area contributed by atoms with Crippen molar-refractivity contribution in [1.29, 1.82) is 0 Å². The zero-order valence-electron chi connectivity index (χ0n) is 8.07. The number of thioether (sulfide) groups is 1. The lowest BCUT2D eigenvalue weighted by Gasteiger charge is -2.09. The first-order valence-corrected chi connectivity index (χ1v) is 5.21. The van der Waals surface area contributed by atoms with Gasteiger partial charge in [-0.25, -0.2) is 9.79 Å². The number of ether oxygens (including phenoxy) is 1. The van der Waals surface area contributed by atoms with Crippen LogP contribution in [-0.4, -0.2) is 29.2 Å². The molecule has 14 heavy (non-hydrogen) atoms. The number of Topliss-reactive ketones (excluding diaryl/α,β-unsaturated/α-hetero) is 1. The second-order valence-corrected chi connectivity index (χ2v) is 3.62. The first-order valence-electron chi connectivity index (χ1n) is 4.22. The van der Waals surface area contributed by atoms with Gasteiger partial charge in [-0.15, -0.1) is 0 Å². The summed E-state index contributed by atoms with van der Waals surface area (Å²) in [6, 6.07) is 0. The molecule has 1 rings (SSSR count). The van der Waals surface area contributed by atoms with Crippen LogP contribution in [0.1, 0.15) is 13.8 Å². The van der Waals surface area contributed by atoms with Gasteiger partial charge in [-0.1, -0.05) is 11.8 Å². The predicted molar refractivity (Wildman–Crippen MR) is 55.3 cm³/mol. The lowest BCUT2D eigenvalue weighted by Crippen LogP contribution is -2.18. The molecule has 0 radical (unpaired) electrons. The molecule has 0 aromatic heterocycles. The molecule has 0 amide bonds. The fraction of sp³-hybridized carbons (Fsp3) is 0.444. The summed E-state index contributed by atoms with van der Waals surface area (Å²) in [6.45, 7) is 3.56. The van der Waals surface area contributed by atoms with E-state index in [4.69, 9.17) is 4.74 Å². The molecule has 0 N–H and O–H groups in total. The first-order chi connectivity index (χ1) is 6.65. The minimum atomic E-state index is -0.420. The molecule has 0 saturated carbocycles. The number of aliphatic imine (C=N–C) groups is 1. The van der Waals surface area contributed by atoms with E-state index >= 15 is 0 Å². The Labute approximate surface area is 86.4 Å². The van der Waals surface area contributed by atoms with Gasteiger partial charge >= 0.3 is 5.97 Å². The normalized spacial score (nSPS) is 15.6. The second kappa shape index (κ2) is 4.95. The monoisotopic (exact) mass is 213 g/mol. The fourth-order valence-corrected chi connectivity index (χ4v) is 1.73. The van der Waals surface area contributed by atoms with Gasteiger partial charge in [0.05, 0.1) is 6.61 Å². The van der Waals surface area contributed by atoms with Gasteiger partial charge in [0.2, 0.25) is 0 Å². The van der Waals surface area contributed by atoms with Gasteiger partial charge in [0.1, 0.15) is 0 Å². The van der Waals surface area contributed by atoms with Gasteiger partial charge in [0.25, 0.3) is 0 Å². The van der Waals surface area contributed by atoms with Crippen molar-refractivity contribution in [2.24, 2.45) is 4.99 Å². The minimum Gasteiger partial charge on any atom is -0.461 e. The molecule has 0 aliphatic carbocycles. The molecular formula is C9H11NO3S. The molecule has 1 aliphatic rings. The quantitative estimate of drug-likeness (QED) is 0.660. The SMILES string of the molecule is CCOC(=O)C1=NC=C(C(C)=O)CS1. The van der Waals surface area contributed by atoms with E-state index in [0.717, 1.165) is 0 Å². The van der Waals surface area contributed by atoms with Crippen LogP contribution >= 0.6 is 11.8 Å². The smallest absolute Gasteiger partial charge is 0.363 e. The molecule has 0 fully saturated rings. The van der Waals surface area contributed by atoms with Crippen molar-refractivity contribution in [3.05, 3.63) is 11.8 Å². The summed E-state index contributed by atoms with van der Waals surface area (Å²) in [7, 11) is 0. The van der Waals surface area contributed by atoms with Crippen LogP contribution in [0.3, 0.4) is 0 Å². The third-order valence-corrected chi connectivity index (χ3v) is 2.61. The van der Waals surface area contributed by atoms with Crippen LogP contribution in [0.2, 0.25) is 0 Å². The first kappa shape index (κ1) is 11.0. The van der Waals surface area contributed by atoms with Crippen molar-refractivity contribution in [3.8, 4) is 0 Å². The summed E-state index contributed by atoms with van der Waals surface area (Å²) in [6.07, 6.45) is 1.44. The molecule has 76 valence electrons. The van der Waals surface area contributed by atoms with E-state index in [1.54, 1.807) is 6.92 Å². The average Bonchev–Trinajstić information content (AvgIpc) is 2.18. The maximum Gasteiger partial charge on any atom is 0.363 e. The maximum absolute atomic E-state index is 11.2. The lowest BCUT2D eigenvalue weighted by molar-refractivity contribution is -0.134. The summed E-state index contributed by atoms with van der Waals surface area (Å²) in [5.74, 6) is 0.0630. The van der Waals surface area contributed by atoms with Crippen LogP contribution < -0.4 is 0 Å². The number of esters is 1. The van der Waals surface area contributed by atoms with Crippen LogP contribution in [0.15, 0.2) is 16.8 Å². The third kappa shape index (κ3) is 2.70. The van der Waals surface area contributed by atoms with E-state index in [1.165, 1.54) is 24.9 Å². The largest absolute Gasteiger partial charge is 0.461 e. The Balaban J connectivity index is 2.68. The molecule has 0 saturated heterocycles. The number of hydrogen-bond acceptors (Lipinski definition) is 5. The number of carbonyl (C=O) groups excluding carboxylic acids is 2. The van der Waals surface area contributed by atoms with Crippen molar-refractivity contribution in [2.75, 3.05) is 12.4 Å². The average molecular weight is 213 g/mol. The van der Waals surface area contributed by atoms with Crippen molar-refractivity contribution in [3.63, 3.8) is 0 Å². The summed E-state index contributed by atoms with van der Waals surface area (Å²) in [5.41, 5.74) is 0.628. The molecule has 0 aromatic rings. The summed E-state index contributed by atoms with van der Waals surface area (Å²) in [5, 5.41) is 0.317. The van der Waals surface area contributed by atoms with Crippen LogP contribution in [0.5, 0.6) is 0 Å². The summed E-state index contributed by atoms with van der Waals surface area (Å²) in [4.78, 5) is 26.0. The highest BCUT2D eigenvalue weighted by molar-refractivity contribution is 8.15. The lowest BCUT2D eigenvalue weighted by atomic mass is 10.2. The molecule has 5 heteroatoms. The van der Waals surface area contributed by atoms with Gasteiger partial charge in [0, 0.05) is 17.5 Å². The van der Waals surface area contributed by atoms with Crippen LogP contribution in [-0.2, 0) is 14.3 Å². The molecule has 4 nitrogen and oxygen atoms in total. The Morgan fingerprint density at radius 3 is 2.79 bits per heavy atom. The molecule has 0 atom stereocenters. The number of rotatable bonds is 3. The maximum atomic E-state index is 11.2. The highest BCUT2D eigenvalue weighted by Gasteiger charge is 2.18. The minimum absolute atomic E-state index is 0.0100. The van der Waals surface area contributed by atoms with Crippen LogP contribution in [0, 0.1) is 0 Å². The van der Waals surface area contributed by atoms with E-state index in [9.17, 15) is 9.59 Å². The van der Waals surface area contributed by atoms with Crippen molar-refractivity contribution in [1.82, 2.24) is 0 Å². The molecule has 1 aliphatic heterocycles. The Kier molecular flexibility index (Phi) is 3.88. The Morgan fingerprint density at radius 1 is 1.64 bits per heavy atom. The van der Waals surface area contributed by atoms with Gasteiger partial charge < -0.3 is 4.74 Å². The van der Waals surface area contributed by atoms with E-state index in [1.807, 2.05) is 0 Å². The number of ketones is 1. The Hall–Kier alpha value is -1.10. The highest BCUT2D eigenvalue weighted by Crippen LogP contribution is 2.17. The van der Waals surface area contributed by atoms with Crippen molar-refractivity contribution >= 4 is 28.6 Å². The standard InChI is InChI=1S/C9H11NO3S/c1-3-13-9(12)8-10-4-7(5-14-8)6(2)11/h4H,3,5H2,1-2H3. The highest BCUT2D eigenvalue weighted by atomic mass is 32.2. The molecule has 0 spiro atoms. The molecule has 0 unspecified atom stereocenters. The zero-order valence-corrected chi connectivity index (χ0v) is 8.89. The number of carbonyl (C=O) groups is 2. The number of nitrogens with zero attached hydrogens (tertiary/aromatic N) is 1. The zero-order chi connectivity index (χ0) is 10.6. The van der Waals surface area contributed by atoms with E-state index in [0.29, 0.717) is 23.0 Å². The molecular weight excluding hydrogens is 202 g/mol. The predicted octanol–water partition coefficient (Wildman–Crippen LogP) is 1.17. The Morgan fingerprint density at radius 2 is 2.36 bits per heavy atom. The summed E-state index contributed by atoms with van der Waals surface area (Å²) >= 11 is 1.23. The Bertz CT molecular complexity index is 320. The third-order valence-electron chi connectivity index (χ3n) is 1.60. The van der Waals surface area contributed by atoms with Gasteiger partial charge in [-0.3, -0.25) is 4.79 Å².